The Labute approximate surface area is 145 Å². The van der Waals surface area contributed by atoms with E-state index in [1.54, 1.807) is 6.92 Å². The largest absolute Gasteiger partial charge is 0.382 e. The van der Waals surface area contributed by atoms with E-state index in [1.807, 2.05) is 0 Å². The molecular weight excluding hydrogens is 347 g/mol. The van der Waals surface area contributed by atoms with Crippen LogP contribution in [0.15, 0.2) is 43.4 Å². The van der Waals surface area contributed by atoms with Crippen LogP contribution in [0, 0.1) is 11.6 Å². The topological polar surface area (TPSA) is 76.7 Å². The Balaban J connectivity index is 2.13. The zero-order valence-electron chi connectivity index (χ0n) is 13.3. The Morgan fingerprint density at radius 1 is 1.28 bits per heavy atom. The first kappa shape index (κ1) is 17.5. The molecule has 1 aromatic carbocycles. The molecule has 0 saturated carbocycles. The van der Waals surface area contributed by atoms with Gasteiger partial charge in [-0.3, -0.25) is 0 Å². The molecule has 0 fully saturated rings. The Hall–Kier alpha value is -2.31. The molecule has 1 unspecified atom stereocenters. The van der Waals surface area contributed by atoms with Crippen molar-refractivity contribution in [1.82, 2.24) is 24.7 Å². The van der Waals surface area contributed by atoms with Gasteiger partial charge in [-0.25, -0.2) is 28.4 Å². The number of nitrogens with zero attached hydrogens (tertiary/aromatic N) is 5. The smallest absolute Gasteiger partial charge is 0.163 e. The molecule has 3 atom stereocenters. The molecule has 2 aromatic heterocycles. The second-order valence-corrected chi connectivity index (χ2v) is 6.35. The fraction of sp³-hybridized carbons (Fsp3) is 0.250. The zero-order valence-corrected chi connectivity index (χ0v) is 14.5. The van der Waals surface area contributed by atoms with Gasteiger partial charge >= 0.3 is 0 Å². The molecule has 0 aliphatic carbocycles. The van der Waals surface area contributed by atoms with Crippen molar-refractivity contribution < 1.29 is 13.9 Å². The maximum Gasteiger partial charge on any atom is 0.163 e. The second-order valence-electron chi connectivity index (χ2n) is 5.73. The summed E-state index contributed by atoms with van der Waals surface area (Å²) in [6, 6.07) is 4.01. The highest BCUT2D eigenvalue weighted by molar-refractivity contribution is 7.27. The minimum atomic E-state index is -1.60. The number of rotatable bonds is 5. The third-order valence-electron chi connectivity index (χ3n) is 4.17. The van der Waals surface area contributed by atoms with E-state index < -0.39 is 23.2 Å². The van der Waals surface area contributed by atoms with E-state index in [4.69, 9.17) is 0 Å². The Morgan fingerprint density at radius 3 is 2.72 bits per heavy atom. The first-order valence-electron chi connectivity index (χ1n) is 7.47. The molecule has 0 aliphatic rings. The third-order valence-corrected chi connectivity index (χ3v) is 4.65. The number of hydrogen-bond acceptors (Lipinski definition) is 5. The van der Waals surface area contributed by atoms with E-state index >= 15 is 0 Å². The van der Waals surface area contributed by atoms with Gasteiger partial charge in [0, 0.05) is 5.92 Å². The fourth-order valence-corrected chi connectivity index (χ4v) is 3.32. The number of aromatic nitrogens is 5. The monoisotopic (exact) mass is 363 g/mol. The summed E-state index contributed by atoms with van der Waals surface area (Å²) in [7, 11) is 2.39. The average molecular weight is 363 g/mol. The van der Waals surface area contributed by atoms with Crippen molar-refractivity contribution in [1.29, 1.82) is 0 Å². The van der Waals surface area contributed by atoms with Gasteiger partial charge in [0.25, 0.3) is 0 Å². The predicted molar refractivity (Wildman–Crippen MR) is 90.1 cm³/mol. The lowest BCUT2D eigenvalue weighted by atomic mass is 9.80. The minimum Gasteiger partial charge on any atom is -0.382 e. The van der Waals surface area contributed by atoms with Gasteiger partial charge in [-0.15, -0.1) is 9.24 Å². The highest BCUT2D eigenvalue weighted by Crippen LogP contribution is 2.38. The molecule has 25 heavy (non-hydrogen) atoms. The van der Waals surface area contributed by atoms with Crippen molar-refractivity contribution in [3.8, 4) is 0 Å². The van der Waals surface area contributed by atoms with Crippen molar-refractivity contribution in [2.75, 3.05) is 0 Å². The predicted octanol–water partition coefficient (Wildman–Crippen LogP) is 1.54. The molecule has 0 radical (unpaired) electrons. The Morgan fingerprint density at radius 2 is 2.08 bits per heavy atom. The summed E-state index contributed by atoms with van der Waals surface area (Å²) in [5.74, 6) is -1.82. The maximum absolute atomic E-state index is 14.2. The highest BCUT2D eigenvalue weighted by Gasteiger charge is 2.40. The van der Waals surface area contributed by atoms with E-state index in [0.29, 0.717) is 10.9 Å². The standard InChI is InChI=1S/C16H16F2N5OP/c1-10(15-13(18)5-19-7-21-15)16(24,6-23-9-20-8-22-23)12-3-2-11(17)4-14(12)25/h2-5,7-10,24H,6,25H2,1H3/t10-,16+/m0/s1. The van der Waals surface area contributed by atoms with E-state index in [9.17, 15) is 13.9 Å². The Bertz CT molecular complexity index is 877. The van der Waals surface area contributed by atoms with Gasteiger partial charge < -0.3 is 5.11 Å². The lowest BCUT2D eigenvalue weighted by Crippen LogP contribution is -2.40. The van der Waals surface area contributed by atoms with E-state index in [0.717, 1.165) is 6.20 Å². The second kappa shape index (κ2) is 6.90. The molecule has 0 amide bonds. The Kier molecular flexibility index (Phi) is 4.83. The van der Waals surface area contributed by atoms with Gasteiger partial charge in [0.15, 0.2) is 5.82 Å². The van der Waals surface area contributed by atoms with Gasteiger partial charge in [0.1, 0.15) is 30.4 Å². The number of benzene rings is 1. The maximum atomic E-state index is 14.2. The van der Waals surface area contributed by atoms with Crippen molar-refractivity contribution in [3.05, 3.63) is 66.3 Å². The average Bonchev–Trinajstić information content (AvgIpc) is 3.07. The van der Waals surface area contributed by atoms with Gasteiger partial charge in [-0.1, -0.05) is 13.0 Å². The van der Waals surface area contributed by atoms with Crippen LogP contribution in [0.4, 0.5) is 8.78 Å². The summed E-state index contributed by atoms with van der Waals surface area (Å²) in [6.45, 7) is 1.64. The van der Waals surface area contributed by atoms with Crippen LogP contribution in [0.2, 0.25) is 0 Å². The third kappa shape index (κ3) is 3.41. The molecule has 3 rings (SSSR count). The van der Waals surface area contributed by atoms with Crippen LogP contribution in [-0.2, 0) is 12.1 Å². The summed E-state index contributed by atoms with van der Waals surface area (Å²) in [4.78, 5) is 11.5. The van der Waals surface area contributed by atoms with Crippen LogP contribution in [0.5, 0.6) is 0 Å². The van der Waals surface area contributed by atoms with Crippen LogP contribution in [0.3, 0.4) is 0 Å². The van der Waals surface area contributed by atoms with Crippen LogP contribution < -0.4 is 5.30 Å². The zero-order chi connectivity index (χ0) is 18.0. The van der Waals surface area contributed by atoms with Crippen LogP contribution in [0.25, 0.3) is 0 Å². The van der Waals surface area contributed by atoms with E-state index in [-0.39, 0.29) is 12.2 Å². The van der Waals surface area contributed by atoms with Crippen molar-refractivity contribution >= 4 is 14.5 Å². The number of aliphatic hydroxyl groups is 1. The summed E-state index contributed by atoms with van der Waals surface area (Å²) in [5.41, 5.74) is -1.11. The molecule has 3 aromatic rings. The molecule has 6 nitrogen and oxygen atoms in total. The van der Waals surface area contributed by atoms with Crippen LogP contribution >= 0.6 is 9.24 Å². The van der Waals surface area contributed by atoms with Crippen LogP contribution in [-0.4, -0.2) is 29.8 Å². The quantitative estimate of drug-likeness (QED) is 0.696. The summed E-state index contributed by atoms with van der Waals surface area (Å²) < 4.78 is 29.1. The summed E-state index contributed by atoms with van der Waals surface area (Å²) in [6.07, 6.45) is 5.04. The van der Waals surface area contributed by atoms with Gasteiger partial charge in [0.2, 0.25) is 0 Å². The van der Waals surface area contributed by atoms with E-state index in [2.05, 4.69) is 29.3 Å². The first-order valence-corrected chi connectivity index (χ1v) is 8.05. The molecule has 0 saturated heterocycles. The van der Waals surface area contributed by atoms with Gasteiger partial charge in [0.05, 0.1) is 18.4 Å². The van der Waals surface area contributed by atoms with Crippen LogP contribution in [0.1, 0.15) is 24.1 Å². The van der Waals surface area contributed by atoms with Gasteiger partial charge in [-0.05, 0) is 23.0 Å². The molecule has 1 N–H and O–H groups in total. The summed E-state index contributed by atoms with van der Waals surface area (Å²) >= 11 is 0. The fourth-order valence-electron chi connectivity index (χ4n) is 2.81. The SMILES string of the molecule is C[C@@H](c1ncncc1F)[C@](O)(Cn1cncn1)c1ccc(F)cc1P. The van der Waals surface area contributed by atoms with Crippen molar-refractivity contribution in [2.24, 2.45) is 0 Å². The number of hydrogen-bond donors (Lipinski definition) is 1. The molecule has 0 aliphatic heterocycles. The lowest BCUT2D eigenvalue weighted by molar-refractivity contribution is -0.00926. The minimum absolute atomic E-state index is 0.00928. The lowest BCUT2D eigenvalue weighted by Gasteiger charge is -2.35. The van der Waals surface area contributed by atoms with E-state index in [1.165, 1.54) is 41.9 Å². The van der Waals surface area contributed by atoms with Crippen molar-refractivity contribution in [3.63, 3.8) is 0 Å². The van der Waals surface area contributed by atoms with Crippen molar-refractivity contribution in [2.45, 2.75) is 25.0 Å². The molecule has 130 valence electrons. The molecule has 2 heterocycles. The molecule has 9 heteroatoms. The molecule has 0 bridgehead atoms. The first-order chi connectivity index (χ1) is 11.9. The molecule has 0 spiro atoms. The van der Waals surface area contributed by atoms with Gasteiger partial charge in [-0.2, -0.15) is 5.10 Å². The molecular formula is C16H16F2N5OP. The number of halogens is 2. The normalized spacial score (nSPS) is 14.9. The summed E-state index contributed by atoms with van der Waals surface area (Å²) in [5, 5.41) is 16.0. The highest BCUT2D eigenvalue weighted by atomic mass is 31.0.